The lowest BCUT2D eigenvalue weighted by molar-refractivity contribution is 0.451. The zero-order valence-electron chi connectivity index (χ0n) is 11.7. The number of hydrogen-bond acceptors (Lipinski definition) is 3. The highest BCUT2D eigenvalue weighted by Crippen LogP contribution is 2.02. The Bertz CT molecular complexity index is 502. The number of hydrogen-bond donors (Lipinski definition) is 1. The summed E-state index contributed by atoms with van der Waals surface area (Å²) in [6.07, 6.45) is 3.28. The van der Waals surface area contributed by atoms with Crippen molar-refractivity contribution in [2.24, 2.45) is 14.1 Å². The van der Waals surface area contributed by atoms with Gasteiger partial charge in [0, 0.05) is 38.4 Å². The van der Waals surface area contributed by atoms with Crippen molar-refractivity contribution in [1.29, 1.82) is 0 Å². The van der Waals surface area contributed by atoms with E-state index in [4.69, 9.17) is 0 Å². The van der Waals surface area contributed by atoms with E-state index in [-0.39, 0.29) is 11.2 Å². The predicted octanol–water partition coefficient (Wildman–Crippen LogP) is 0.752. The van der Waals surface area contributed by atoms with E-state index in [0.29, 0.717) is 12.6 Å². The lowest BCUT2D eigenvalue weighted by Gasteiger charge is -2.17. The molecule has 5 heteroatoms. The second kappa shape index (κ2) is 6.54. The van der Waals surface area contributed by atoms with Crippen molar-refractivity contribution in [3.8, 4) is 0 Å². The summed E-state index contributed by atoms with van der Waals surface area (Å²) in [5.41, 5.74) is 0.207. The maximum atomic E-state index is 11.7. The molecule has 0 aromatic carbocycles. The monoisotopic (exact) mass is 253 g/mol. The molecule has 0 radical (unpaired) electrons. The normalized spacial score (nSPS) is 12.7. The first kappa shape index (κ1) is 14.7. The molecule has 0 saturated carbocycles. The van der Waals surface area contributed by atoms with Crippen molar-refractivity contribution < 1.29 is 0 Å². The van der Waals surface area contributed by atoms with Gasteiger partial charge in [-0.15, -0.1) is 0 Å². The second-order valence-electron chi connectivity index (χ2n) is 4.65. The van der Waals surface area contributed by atoms with Gasteiger partial charge in [-0.2, -0.15) is 0 Å². The van der Waals surface area contributed by atoms with Gasteiger partial charge in [-0.25, -0.2) is 4.79 Å². The first-order valence-electron chi connectivity index (χ1n) is 6.50. The van der Waals surface area contributed by atoms with Gasteiger partial charge in [-0.05, 0) is 12.8 Å². The van der Waals surface area contributed by atoms with Crippen molar-refractivity contribution in [3.63, 3.8) is 0 Å². The molecule has 1 aromatic heterocycles. The molecule has 1 aromatic rings. The summed E-state index contributed by atoms with van der Waals surface area (Å²) in [6.45, 7) is 4.84. The molecule has 1 rings (SSSR count). The van der Waals surface area contributed by atoms with Gasteiger partial charge < -0.3 is 5.32 Å². The third kappa shape index (κ3) is 3.32. The van der Waals surface area contributed by atoms with Crippen LogP contribution in [0, 0.1) is 0 Å². The molecule has 0 aliphatic rings. The smallest absolute Gasteiger partial charge is 0.308 e. The minimum absolute atomic E-state index is 0.251. The van der Waals surface area contributed by atoms with Crippen LogP contribution in [0.4, 0.5) is 0 Å². The van der Waals surface area contributed by atoms with Gasteiger partial charge >= 0.3 is 5.69 Å². The first-order chi connectivity index (χ1) is 8.51. The van der Waals surface area contributed by atoms with Crippen LogP contribution in [0.25, 0.3) is 0 Å². The molecule has 0 fully saturated rings. The zero-order valence-corrected chi connectivity index (χ0v) is 11.7. The third-order valence-electron chi connectivity index (χ3n) is 3.33. The molecule has 0 aliphatic heterocycles. The summed E-state index contributed by atoms with van der Waals surface area (Å²) in [4.78, 5) is 23.3. The van der Waals surface area contributed by atoms with Crippen molar-refractivity contribution in [2.45, 2.75) is 45.7 Å². The summed E-state index contributed by atoms with van der Waals surface area (Å²) >= 11 is 0. The molecule has 18 heavy (non-hydrogen) atoms. The average molecular weight is 253 g/mol. The Morgan fingerprint density at radius 2 is 1.89 bits per heavy atom. The third-order valence-corrected chi connectivity index (χ3v) is 3.33. The minimum Gasteiger partial charge on any atom is -0.308 e. The first-order valence-corrected chi connectivity index (χ1v) is 6.50. The van der Waals surface area contributed by atoms with Crippen LogP contribution in [0.1, 0.15) is 38.8 Å². The maximum absolute atomic E-state index is 11.7. The Kier molecular flexibility index (Phi) is 5.34. The van der Waals surface area contributed by atoms with Crippen LogP contribution in [0.3, 0.4) is 0 Å². The molecule has 1 atom stereocenters. The van der Waals surface area contributed by atoms with Crippen LogP contribution in [-0.2, 0) is 20.6 Å². The molecule has 0 saturated heterocycles. The molecular formula is C13H23N3O2. The SMILES string of the molecule is CCCC(CC)NCc1cc(=O)n(C)c(=O)n1C. The van der Waals surface area contributed by atoms with Crippen LogP contribution in [0.2, 0.25) is 0 Å². The van der Waals surface area contributed by atoms with Gasteiger partial charge in [-0.1, -0.05) is 20.3 Å². The standard InChI is InChI=1S/C13H23N3O2/c1-5-7-10(6-2)14-9-11-8-12(17)16(4)13(18)15(11)3/h8,10,14H,5-7,9H2,1-4H3. The predicted molar refractivity (Wildman–Crippen MR) is 72.8 cm³/mol. The van der Waals surface area contributed by atoms with E-state index in [0.717, 1.165) is 29.5 Å². The van der Waals surface area contributed by atoms with Crippen molar-refractivity contribution >= 4 is 0 Å². The van der Waals surface area contributed by atoms with Crippen LogP contribution >= 0.6 is 0 Å². The molecule has 0 amide bonds. The highest BCUT2D eigenvalue weighted by atomic mass is 16.2. The molecule has 102 valence electrons. The Balaban J connectivity index is 2.86. The van der Waals surface area contributed by atoms with Crippen LogP contribution in [0.15, 0.2) is 15.7 Å². The number of aromatic nitrogens is 2. The van der Waals surface area contributed by atoms with Gasteiger partial charge in [0.05, 0.1) is 0 Å². The number of nitrogens with one attached hydrogen (secondary N) is 1. The quantitative estimate of drug-likeness (QED) is 0.814. The highest BCUT2D eigenvalue weighted by molar-refractivity contribution is 5.02. The fraction of sp³-hybridized carbons (Fsp3) is 0.692. The van der Waals surface area contributed by atoms with Gasteiger partial charge in [0.25, 0.3) is 5.56 Å². The van der Waals surface area contributed by atoms with E-state index in [1.165, 1.54) is 17.7 Å². The van der Waals surface area contributed by atoms with E-state index in [1.807, 2.05) is 0 Å². The van der Waals surface area contributed by atoms with Crippen molar-refractivity contribution in [1.82, 2.24) is 14.5 Å². The van der Waals surface area contributed by atoms with E-state index >= 15 is 0 Å². The lowest BCUT2D eigenvalue weighted by atomic mass is 10.1. The molecule has 5 nitrogen and oxygen atoms in total. The zero-order chi connectivity index (χ0) is 13.7. The van der Waals surface area contributed by atoms with Gasteiger partial charge in [0.15, 0.2) is 0 Å². The van der Waals surface area contributed by atoms with E-state index in [2.05, 4.69) is 19.2 Å². The summed E-state index contributed by atoms with van der Waals surface area (Å²) in [5, 5.41) is 3.39. The average Bonchev–Trinajstić information content (AvgIpc) is 2.37. The Morgan fingerprint density at radius 1 is 1.22 bits per heavy atom. The molecule has 0 bridgehead atoms. The summed E-state index contributed by atoms with van der Waals surface area (Å²) < 4.78 is 2.64. The van der Waals surface area contributed by atoms with Gasteiger partial charge in [0.1, 0.15) is 0 Å². The van der Waals surface area contributed by atoms with Gasteiger partial charge in [0.2, 0.25) is 0 Å². The van der Waals surface area contributed by atoms with Crippen LogP contribution in [0.5, 0.6) is 0 Å². The Labute approximate surface area is 107 Å². The topological polar surface area (TPSA) is 56.0 Å². The van der Waals surface area contributed by atoms with Crippen molar-refractivity contribution in [2.75, 3.05) is 0 Å². The summed E-state index contributed by atoms with van der Waals surface area (Å²) in [5.74, 6) is 0. The van der Waals surface area contributed by atoms with Crippen LogP contribution in [-0.4, -0.2) is 15.2 Å². The van der Waals surface area contributed by atoms with Crippen molar-refractivity contribution in [3.05, 3.63) is 32.6 Å². The van der Waals surface area contributed by atoms with Crippen LogP contribution < -0.4 is 16.6 Å². The summed E-state index contributed by atoms with van der Waals surface area (Å²) in [6, 6.07) is 1.96. The van der Waals surface area contributed by atoms with Gasteiger partial charge in [-0.3, -0.25) is 13.9 Å². The fourth-order valence-corrected chi connectivity index (χ4v) is 2.00. The lowest BCUT2D eigenvalue weighted by Crippen LogP contribution is -2.40. The number of nitrogens with zero attached hydrogens (tertiary/aromatic N) is 2. The molecule has 0 aliphatic carbocycles. The Hall–Kier alpha value is -1.36. The minimum atomic E-state index is -0.275. The van der Waals surface area contributed by atoms with E-state index in [9.17, 15) is 9.59 Å². The number of rotatable bonds is 6. The molecule has 1 heterocycles. The second-order valence-corrected chi connectivity index (χ2v) is 4.65. The van der Waals surface area contributed by atoms with E-state index < -0.39 is 0 Å². The van der Waals surface area contributed by atoms with E-state index in [1.54, 1.807) is 7.05 Å². The molecule has 0 spiro atoms. The fourth-order valence-electron chi connectivity index (χ4n) is 2.00. The molecule has 1 unspecified atom stereocenters. The largest absolute Gasteiger partial charge is 0.330 e. The molecule has 1 N–H and O–H groups in total. The highest BCUT2D eigenvalue weighted by Gasteiger charge is 2.08. The Morgan fingerprint density at radius 3 is 2.44 bits per heavy atom. The molecular weight excluding hydrogens is 230 g/mol. The summed E-state index contributed by atoms with van der Waals surface area (Å²) in [7, 11) is 3.19. The maximum Gasteiger partial charge on any atom is 0.330 e.